The van der Waals surface area contributed by atoms with Crippen molar-refractivity contribution in [2.45, 2.75) is 36.9 Å². The Kier molecular flexibility index (Phi) is 6.37. The van der Waals surface area contributed by atoms with E-state index in [1.807, 2.05) is 0 Å². The Hall–Kier alpha value is -1.80. The molecule has 1 unspecified atom stereocenters. The maximum Gasteiger partial charge on any atom is 0.240 e. The van der Waals surface area contributed by atoms with E-state index in [4.69, 9.17) is 4.74 Å². The highest BCUT2D eigenvalue weighted by Crippen LogP contribution is 2.14. The van der Waals surface area contributed by atoms with Crippen LogP contribution >= 0.6 is 0 Å². The maximum atomic E-state index is 13.6. The minimum atomic E-state index is -3.53. The van der Waals surface area contributed by atoms with Crippen molar-refractivity contribution in [1.29, 1.82) is 0 Å². The van der Waals surface area contributed by atoms with E-state index in [0.29, 0.717) is 31.8 Å². The van der Waals surface area contributed by atoms with Crippen LogP contribution in [0, 0.1) is 5.82 Å². The zero-order valence-corrected chi connectivity index (χ0v) is 15.3. The second-order valence-electron chi connectivity index (χ2n) is 6.33. The predicted molar refractivity (Wildman–Crippen MR) is 97.5 cm³/mol. The van der Waals surface area contributed by atoms with Crippen LogP contribution in [-0.4, -0.2) is 27.7 Å². The molecule has 26 heavy (non-hydrogen) atoms. The van der Waals surface area contributed by atoms with Crippen LogP contribution in [0.25, 0.3) is 0 Å². The van der Waals surface area contributed by atoms with Crippen molar-refractivity contribution in [3.05, 3.63) is 65.5 Å². The van der Waals surface area contributed by atoms with Gasteiger partial charge in [0.25, 0.3) is 0 Å². The molecule has 1 aliphatic rings. The van der Waals surface area contributed by atoms with Gasteiger partial charge < -0.3 is 10.1 Å². The molecule has 2 N–H and O–H groups in total. The summed E-state index contributed by atoms with van der Waals surface area (Å²) in [5.74, 6) is -0.237. The summed E-state index contributed by atoms with van der Waals surface area (Å²) < 4.78 is 46.2. The topological polar surface area (TPSA) is 67.4 Å². The van der Waals surface area contributed by atoms with Crippen LogP contribution in [0.5, 0.6) is 0 Å². The monoisotopic (exact) mass is 378 g/mol. The highest BCUT2D eigenvalue weighted by atomic mass is 32.2. The molecule has 140 valence electrons. The molecule has 1 saturated heterocycles. The molecule has 0 radical (unpaired) electrons. The molecule has 1 aliphatic heterocycles. The summed E-state index contributed by atoms with van der Waals surface area (Å²) in [7, 11) is -3.53. The van der Waals surface area contributed by atoms with E-state index in [9.17, 15) is 12.8 Å². The number of rotatable bonds is 8. The van der Waals surface area contributed by atoms with Crippen molar-refractivity contribution in [2.24, 2.45) is 0 Å². The quantitative estimate of drug-likeness (QED) is 0.741. The highest BCUT2D eigenvalue weighted by Gasteiger charge is 2.20. The third-order valence-corrected chi connectivity index (χ3v) is 5.80. The van der Waals surface area contributed by atoms with Crippen molar-refractivity contribution in [2.75, 3.05) is 13.2 Å². The van der Waals surface area contributed by atoms with E-state index >= 15 is 0 Å². The van der Waals surface area contributed by atoms with Crippen molar-refractivity contribution >= 4 is 10.0 Å². The molecule has 0 spiro atoms. The number of halogens is 1. The molecule has 0 saturated carbocycles. The van der Waals surface area contributed by atoms with Gasteiger partial charge in [-0.15, -0.1) is 0 Å². The van der Waals surface area contributed by atoms with E-state index < -0.39 is 10.0 Å². The average molecular weight is 378 g/mol. The first-order valence-corrected chi connectivity index (χ1v) is 10.2. The zero-order chi connectivity index (χ0) is 18.4. The Labute approximate surface area is 153 Å². The second kappa shape index (κ2) is 8.73. The molecule has 2 aromatic rings. The molecule has 5 nitrogen and oxygen atoms in total. The molecular formula is C19H23FN2O3S. The fraction of sp³-hybridized carbons (Fsp3) is 0.368. The van der Waals surface area contributed by atoms with Gasteiger partial charge in [0.1, 0.15) is 5.82 Å². The van der Waals surface area contributed by atoms with E-state index in [2.05, 4.69) is 10.0 Å². The third-order valence-electron chi connectivity index (χ3n) is 4.36. The first kappa shape index (κ1) is 19.0. The van der Waals surface area contributed by atoms with Gasteiger partial charge in [0.05, 0.1) is 11.0 Å². The van der Waals surface area contributed by atoms with Crippen LogP contribution in [0.4, 0.5) is 4.39 Å². The van der Waals surface area contributed by atoms with Gasteiger partial charge in [-0.1, -0.05) is 30.3 Å². The Morgan fingerprint density at radius 3 is 2.54 bits per heavy atom. The predicted octanol–water partition coefficient (Wildman–Crippen LogP) is 2.57. The van der Waals surface area contributed by atoms with Gasteiger partial charge in [-0.2, -0.15) is 0 Å². The Bertz CT molecular complexity index is 819. The van der Waals surface area contributed by atoms with Crippen LogP contribution < -0.4 is 10.0 Å². The van der Waals surface area contributed by atoms with E-state index in [0.717, 1.165) is 18.4 Å². The molecule has 7 heteroatoms. The number of hydrogen-bond acceptors (Lipinski definition) is 4. The summed E-state index contributed by atoms with van der Waals surface area (Å²) in [6, 6.07) is 13.3. The summed E-state index contributed by atoms with van der Waals surface area (Å²) in [5.41, 5.74) is 1.53. The number of nitrogens with one attached hydrogen (secondary N) is 2. The lowest BCUT2D eigenvalue weighted by Gasteiger charge is -2.12. The number of ether oxygens (including phenoxy) is 1. The highest BCUT2D eigenvalue weighted by molar-refractivity contribution is 7.89. The fourth-order valence-electron chi connectivity index (χ4n) is 2.86. The molecule has 0 aliphatic carbocycles. The Balaban J connectivity index is 1.51. The SMILES string of the molecule is O=S(=O)(NCC1CCCO1)c1ccc(CNCc2ccccc2F)cc1. The lowest BCUT2D eigenvalue weighted by atomic mass is 10.2. The molecule has 1 heterocycles. The van der Waals surface area contributed by atoms with Gasteiger partial charge in [0.15, 0.2) is 0 Å². The minimum Gasteiger partial charge on any atom is -0.377 e. The van der Waals surface area contributed by atoms with Crippen molar-refractivity contribution in [3.63, 3.8) is 0 Å². The number of sulfonamides is 1. The smallest absolute Gasteiger partial charge is 0.240 e. The van der Waals surface area contributed by atoms with Gasteiger partial charge in [0, 0.05) is 31.8 Å². The molecule has 0 amide bonds. The van der Waals surface area contributed by atoms with Crippen LogP contribution in [0.15, 0.2) is 53.4 Å². The van der Waals surface area contributed by atoms with Crippen LogP contribution in [0.1, 0.15) is 24.0 Å². The van der Waals surface area contributed by atoms with Crippen molar-refractivity contribution in [1.82, 2.24) is 10.0 Å². The largest absolute Gasteiger partial charge is 0.377 e. The lowest BCUT2D eigenvalue weighted by molar-refractivity contribution is 0.114. The van der Waals surface area contributed by atoms with Gasteiger partial charge in [-0.25, -0.2) is 17.5 Å². The maximum absolute atomic E-state index is 13.6. The van der Waals surface area contributed by atoms with E-state index in [1.165, 1.54) is 6.07 Å². The van der Waals surface area contributed by atoms with Crippen molar-refractivity contribution < 1.29 is 17.5 Å². The average Bonchev–Trinajstić information content (AvgIpc) is 3.16. The molecular weight excluding hydrogens is 355 g/mol. The Morgan fingerprint density at radius 2 is 1.85 bits per heavy atom. The standard InChI is InChI=1S/C19H23FN2O3S/c20-19-6-2-1-4-16(19)13-21-12-15-7-9-18(10-8-15)26(23,24)22-14-17-5-3-11-25-17/h1-2,4,6-10,17,21-22H,3,5,11-14H2. The molecule has 3 rings (SSSR count). The van der Waals surface area contributed by atoms with Gasteiger partial charge in [-0.3, -0.25) is 0 Å². The molecule has 2 aromatic carbocycles. The third kappa shape index (κ3) is 5.11. The summed E-state index contributed by atoms with van der Waals surface area (Å²) in [4.78, 5) is 0.230. The first-order chi connectivity index (χ1) is 12.5. The summed E-state index contributed by atoms with van der Waals surface area (Å²) in [5, 5.41) is 3.16. The van der Waals surface area contributed by atoms with Crippen LogP contribution in [-0.2, 0) is 27.8 Å². The Morgan fingerprint density at radius 1 is 1.08 bits per heavy atom. The van der Waals surface area contributed by atoms with Crippen LogP contribution in [0.3, 0.4) is 0 Å². The summed E-state index contributed by atoms with van der Waals surface area (Å²) in [6.45, 7) is 1.93. The molecule has 0 aromatic heterocycles. The fourth-order valence-corrected chi connectivity index (χ4v) is 3.93. The summed E-state index contributed by atoms with van der Waals surface area (Å²) >= 11 is 0. The van der Waals surface area contributed by atoms with Crippen molar-refractivity contribution in [3.8, 4) is 0 Å². The lowest BCUT2D eigenvalue weighted by Crippen LogP contribution is -2.31. The first-order valence-electron chi connectivity index (χ1n) is 8.69. The minimum absolute atomic E-state index is 0.0355. The van der Waals surface area contributed by atoms with E-state index in [-0.39, 0.29) is 16.8 Å². The summed E-state index contributed by atoms with van der Waals surface area (Å²) in [6.07, 6.45) is 1.82. The number of benzene rings is 2. The molecule has 1 atom stereocenters. The second-order valence-corrected chi connectivity index (χ2v) is 8.09. The molecule has 0 bridgehead atoms. The molecule has 1 fully saturated rings. The number of hydrogen-bond donors (Lipinski definition) is 2. The van der Waals surface area contributed by atoms with Gasteiger partial charge in [-0.05, 0) is 36.6 Å². The van der Waals surface area contributed by atoms with Gasteiger partial charge in [0.2, 0.25) is 10.0 Å². The van der Waals surface area contributed by atoms with E-state index in [1.54, 1.807) is 42.5 Å². The normalized spacial score (nSPS) is 17.5. The van der Waals surface area contributed by atoms with Crippen LogP contribution in [0.2, 0.25) is 0 Å². The zero-order valence-electron chi connectivity index (χ0n) is 14.4. The van der Waals surface area contributed by atoms with Gasteiger partial charge >= 0.3 is 0 Å².